The van der Waals surface area contributed by atoms with Crippen LogP contribution in [0.3, 0.4) is 0 Å². The van der Waals surface area contributed by atoms with Crippen molar-refractivity contribution in [2.45, 2.75) is 25.4 Å². The third kappa shape index (κ3) is 4.46. The van der Waals surface area contributed by atoms with E-state index in [1.165, 1.54) is 24.0 Å². The minimum Gasteiger partial charge on any atom is -0.480 e. The van der Waals surface area contributed by atoms with Gasteiger partial charge in [0.2, 0.25) is 5.91 Å². The number of carboxylic acids is 1. The number of carbonyl (C=O) groups is 3. The molecule has 0 spiro atoms. The van der Waals surface area contributed by atoms with Crippen molar-refractivity contribution in [3.8, 4) is 11.1 Å². The second kappa shape index (κ2) is 8.93. The Kier molecular flexibility index (Phi) is 5.89. The summed E-state index contributed by atoms with van der Waals surface area (Å²) in [4.78, 5) is 35.4. The number of nitrogens with zero attached hydrogens (tertiary/aromatic N) is 2. The first kappa shape index (κ1) is 21.1. The fourth-order valence-electron chi connectivity index (χ4n) is 3.79. The summed E-state index contributed by atoms with van der Waals surface area (Å²) in [7, 11) is 0. The molecule has 1 aromatic heterocycles. The third-order valence-corrected chi connectivity index (χ3v) is 5.27. The first-order chi connectivity index (χ1) is 15.4. The number of carbonyl (C=O) groups excluding carboxylic acids is 2. The average Bonchev–Trinajstić information content (AvgIpc) is 3.33. The maximum atomic E-state index is 12.3. The predicted molar refractivity (Wildman–Crippen MR) is 116 cm³/mol. The van der Waals surface area contributed by atoms with E-state index in [4.69, 9.17) is 9.84 Å². The van der Waals surface area contributed by atoms with Crippen LogP contribution in [0.15, 0.2) is 60.9 Å². The van der Waals surface area contributed by atoms with Crippen molar-refractivity contribution in [2.75, 3.05) is 11.9 Å². The Balaban J connectivity index is 1.32. The molecule has 0 fully saturated rings. The average molecular weight is 434 g/mol. The number of hydrogen-bond acceptors (Lipinski definition) is 5. The van der Waals surface area contributed by atoms with E-state index in [2.05, 4.69) is 27.9 Å². The lowest BCUT2D eigenvalue weighted by Gasteiger charge is -2.17. The Morgan fingerprint density at radius 1 is 1.09 bits per heavy atom. The summed E-state index contributed by atoms with van der Waals surface area (Å²) in [6.45, 7) is 1.36. The van der Waals surface area contributed by atoms with Gasteiger partial charge in [-0.05, 0) is 29.2 Å². The van der Waals surface area contributed by atoms with Gasteiger partial charge < -0.3 is 20.5 Å². The lowest BCUT2D eigenvalue weighted by atomic mass is 9.98. The van der Waals surface area contributed by atoms with E-state index in [0.717, 1.165) is 22.3 Å². The zero-order chi connectivity index (χ0) is 22.7. The van der Waals surface area contributed by atoms with Gasteiger partial charge in [0.05, 0.1) is 11.9 Å². The van der Waals surface area contributed by atoms with Crippen LogP contribution in [0, 0.1) is 0 Å². The number of carboxylic acid groups (broad SMARTS) is 1. The highest BCUT2D eigenvalue weighted by Gasteiger charge is 2.29. The number of aromatic nitrogens is 2. The maximum absolute atomic E-state index is 12.3. The van der Waals surface area contributed by atoms with Crippen molar-refractivity contribution in [3.63, 3.8) is 0 Å². The van der Waals surface area contributed by atoms with Crippen LogP contribution in [0.4, 0.5) is 10.5 Å². The minimum atomic E-state index is -1.05. The van der Waals surface area contributed by atoms with Crippen LogP contribution >= 0.6 is 0 Å². The first-order valence-corrected chi connectivity index (χ1v) is 10.1. The molecule has 0 unspecified atom stereocenters. The molecule has 0 saturated heterocycles. The summed E-state index contributed by atoms with van der Waals surface area (Å²) in [5, 5.41) is 17.7. The molecule has 0 aliphatic heterocycles. The Bertz CT molecular complexity index is 1130. The predicted octanol–water partition coefficient (Wildman–Crippen LogP) is 2.83. The number of rotatable bonds is 7. The topological polar surface area (TPSA) is 123 Å². The highest BCUT2D eigenvalue weighted by Crippen LogP contribution is 2.44. The standard InChI is InChI=1S/C23H22N4O5/c1-14(22(30)26-15-10-24-27(11-15)12-21(28)29)25-23(31)32-13-20-18-8-4-2-6-16(18)17-7-3-5-9-19(17)20/h2-11,14,20H,12-13H2,1H3,(H,25,31)(H,26,30)(H,28,29)/t14-/m0/s1. The molecule has 2 aromatic carbocycles. The number of benzene rings is 2. The highest BCUT2D eigenvalue weighted by atomic mass is 16.5. The second-order valence-electron chi connectivity index (χ2n) is 7.50. The largest absolute Gasteiger partial charge is 0.480 e. The maximum Gasteiger partial charge on any atom is 0.407 e. The van der Waals surface area contributed by atoms with Gasteiger partial charge in [0, 0.05) is 12.1 Å². The molecule has 0 bridgehead atoms. The van der Waals surface area contributed by atoms with Gasteiger partial charge in [0.25, 0.3) is 0 Å². The molecule has 3 aromatic rings. The molecule has 1 atom stereocenters. The van der Waals surface area contributed by atoms with Gasteiger partial charge in [-0.2, -0.15) is 5.10 Å². The van der Waals surface area contributed by atoms with Gasteiger partial charge in [-0.25, -0.2) is 4.79 Å². The smallest absolute Gasteiger partial charge is 0.407 e. The van der Waals surface area contributed by atoms with E-state index in [1.807, 2.05) is 36.4 Å². The first-order valence-electron chi connectivity index (χ1n) is 10.1. The van der Waals surface area contributed by atoms with E-state index < -0.39 is 24.0 Å². The number of aliphatic carboxylic acids is 1. The second-order valence-corrected chi connectivity index (χ2v) is 7.50. The highest BCUT2D eigenvalue weighted by molar-refractivity contribution is 5.96. The van der Waals surface area contributed by atoms with Crippen LogP contribution in [-0.2, 0) is 20.9 Å². The molecule has 4 rings (SSSR count). The van der Waals surface area contributed by atoms with Gasteiger partial charge in [-0.3, -0.25) is 14.3 Å². The van der Waals surface area contributed by atoms with E-state index in [0.29, 0.717) is 5.69 Å². The molecule has 9 heteroatoms. The van der Waals surface area contributed by atoms with Crippen molar-refractivity contribution in [1.29, 1.82) is 0 Å². The molecular formula is C23H22N4O5. The number of ether oxygens (including phenoxy) is 1. The molecule has 32 heavy (non-hydrogen) atoms. The molecule has 1 aliphatic carbocycles. The normalized spacial score (nSPS) is 13.0. The third-order valence-electron chi connectivity index (χ3n) is 5.27. The van der Waals surface area contributed by atoms with Gasteiger partial charge in [0.15, 0.2) is 0 Å². The van der Waals surface area contributed by atoms with Crippen LogP contribution in [0.25, 0.3) is 11.1 Å². The number of amides is 2. The molecular weight excluding hydrogens is 412 g/mol. The van der Waals surface area contributed by atoms with Crippen LogP contribution < -0.4 is 10.6 Å². The minimum absolute atomic E-state index is 0.0719. The molecule has 9 nitrogen and oxygen atoms in total. The lowest BCUT2D eigenvalue weighted by Crippen LogP contribution is -2.42. The SMILES string of the molecule is C[C@H](NC(=O)OCC1c2ccccc2-c2ccccc21)C(=O)Nc1cnn(CC(=O)O)c1. The van der Waals surface area contributed by atoms with Crippen molar-refractivity contribution in [3.05, 3.63) is 72.1 Å². The van der Waals surface area contributed by atoms with E-state index in [-0.39, 0.29) is 19.1 Å². The summed E-state index contributed by atoms with van der Waals surface area (Å²) < 4.78 is 6.63. The molecule has 2 amide bonds. The quantitative estimate of drug-likeness (QED) is 0.526. The summed E-state index contributed by atoms with van der Waals surface area (Å²) in [5.74, 6) is -1.60. The van der Waals surface area contributed by atoms with Gasteiger partial charge in [-0.1, -0.05) is 48.5 Å². The number of fused-ring (bicyclic) bond motifs is 3. The molecule has 164 valence electrons. The van der Waals surface area contributed by atoms with Crippen molar-refractivity contribution < 1.29 is 24.2 Å². The molecule has 1 heterocycles. The summed E-state index contributed by atoms with van der Waals surface area (Å²) in [6.07, 6.45) is 2.03. The Morgan fingerprint density at radius 2 is 1.72 bits per heavy atom. The number of hydrogen-bond donors (Lipinski definition) is 3. The van der Waals surface area contributed by atoms with Crippen LogP contribution in [-0.4, -0.2) is 45.5 Å². The van der Waals surface area contributed by atoms with Crippen molar-refractivity contribution in [2.24, 2.45) is 0 Å². The van der Waals surface area contributed by atoms with Crippen molar-refractivity contribution in [1.82, 2.24) is 15.1 Å². The van der Waals surface area contributed by atoms with Crippen LogP contribution in [0.1, 0.15) is 24.0 Å². The monoisotopic (exact) mass is 434 g/mol. The fourth-order valence-corrected chi connectivity index (χ4v) is 3.79. The Hall–Kier alpha value is -4.14. The zero-order valence-corrected chi connectivity index (χ0v) is 17.3. The van der Waals surface area contributed by atoms with Gasteiger partial charge >= 0.3 is 12.1 Å². The number of nitrogens with one attached hydrogen (secondary N) is 2. The van der Waals surface area contributed by atoms with E-state index >= 15 is 0 Å². The fraction of sp³-hybridized carbons (Fsp3) is 0.217. The van der Waals surface area contributed by atoms with E-state index in [1.54, 1.807) is 0 Å². The molecule has 0 saturated carbocycles. The van der Waals surface area contributed by atoms with Crippen molar-refractivity contribution >= 4 is 23.7 Å². The van der Waals surface area contributed by atoms with Crippen LogP contribution in [0.5, 0.6) is 0 Å². The Morgan fingerprint density at radius 3 is 2.34 bits per heavy atom. The van der Waals surface area contributed by atoms with E-state index in [9.17, 15) is 14.4 Å². The molecule has 3 N–H and O–H groups in total. The van der Waals surface area contributed by atoms with Gasteiger partial charge in [0.1, 0.15) is 19.2 Å². The number of alkyl carbamates (subject to hydrolysis) is 1. The number of anilines is 1. The van der Waals surface area contributed by atoms with Crippen LogP contribution in [0.2, 0.25) is 0 Å². The summed E-state index contributed by atoms with van der Waals surface area (Å²) >= 11 is 0. The summed E-state index contributed by atoms with van der Waals surface area (Å²) in [6, 6.07) is 15.2. The van der Waals surface area contributed by atoms with Gasteiger partial charge in [-0.15, -0.1) is 0 Å². The Labute approximate surface area is 184 Å². The lowest BCUT2D eigenvalue weighted by molar-refractivity contribution is -0.137. The zero-order valence-electron chi connectivity index (χ0n) is 17.3. The summed E-state index contributed by atoms with van der Waals surface area (Å²) in [5.41, 5.74) is 4.80. The molecule has 1 aliphatic rings. The molecule has 0 radical (unpaired) electrons.